The summed E-state index contributed by atoms with van der Waals surface area (Å²) in [6, 6.07) is 19.9. The number of hydrogen-bond donors (Lipinski definition) is 1. The highest BCUT2D eigenvalue weighted by Gasteiger charge is 2.22. The van der Waals surface area contributed by atoms with E-state index in [9.17, 15) is 9.90 Å². The van der Waals surface area contributed by atoms with Crippen LogP contribution in [0, 0.1) is 18.8 Å². The van der Waals surface area contributed by atoms with Crippen molar-refractivity contribution in [1.82, 2.24) is 9.97 Å². The Morgan fingerprint density at radius 3 is 2.50 bits per heavy atom. The predicted molar refractivity (Wildman–Crippen MR) is 130 cm³/mol. The van der Waals surface area contributed by atoms with Crippen LogP contribution in [0.4, 0.5) is 0 Å². The van der Waals surface area contributed by atoms with Crippen LogP contribution >= 0.6 is 0 Å². The van der Waals surface area contributed by atoms with E-state index in [1.165, 1.54) is 12.7 Å². The number of nitrogens with zero attached hydrogens (tertiary/aromatic N) is 2. The minimum Gasteiger partial charge on any atom is -0.484 e. The zero-order chi connectivity index (χ0) is 23.9. The van der Waals surface area contributed by atoms with Crippen molar-refractivity contribution in [3.8, 4) is 17.6 Å². The number of carbonyl (C=O) groups excluding carboxylic acids is 1. The Balaban J connectivity index is 1.83. The minimum atomic E-state index is -0.650. The Hall–Kier alpha value is -4.21. The lowest BCUT2D eigenvalue weighted by Gasteiger charge is -2.14. The molecule has 0 amide bonds. The topological polar surface area (TPSA) is 81.5 Å². The van der Waals surface area contributed by atoms with Gasteiger partial charge in [0.1, 0.15) is 24.4 Å². The molecule has 0 spiro atoms. The molecule has 0 atom stereocenters. The van der Waals surface area contributed by atoms with Crippen molar-refractivity contribution in [2.24, 2.45) is 0 Å². The highest BCUT2D eigenvalue weighted by Crippen LogP contribution is 2.31. The molecule has 0 fully saturated rings. The second-order valence-corrected chi connectivity index (χ2v) is 7.77. The van der Waals surface area contributed by atoms with Crippen molar-refractivity contribution >= 4 is 16.9 Å². The number of pyridine rings is 2. The first-order valence-corrected chi connectivity index (χ1v) is 10.8. The monoisotopic (exact) mass is 452 g/mol. The largest absolute Gasteiger partial charge is 0.484 e. The normalized spacial score (nSPS) is 10.4. The van der Waals surface area contributed by atoms with Gasteiger partial charge in [0.25, 0.3) is 0 Å². The van der Waals surface area contributed by atoms with Gasteiger partial charge in [0, 0.05) is 11.6 Å². The van der Waals surface area contributed by atoms with Crippen molar-refractivity contribution in [1.29, 1.82) is 0 Å². The van der Waals surface area contributed by atoms with Gasteiger partial charge in [-0.2, -0.15) is 0 Å². The highest BCUT2D eigenvalue weighted by atomic mass is 16.5. The number of ether oxygens (including phenoxy) is 2. The molecule has 4 rings (SSSR count). The number of esters is 1. The lowest BCUT2D eigenvalue weighted by atomic mass is 10.0. The van der Waals surface area contributed by atoms with E-state index >= 15 is 0 Å². The fourth-order valence-electron chi connectivity index (χ4n) is 3.56. The molecular weight excluding hydrogens is 428 g/mol. The number of benzene rings is 2. The van der Waals surface area contributed by atoms with Crippen LogP contribution < -0.4 is 4.74 Å². The first-order valence-electron chi connectivity index (χ1n) is 10.8. The number of methoxy groups -OCH3 is 1. The van der Waals surface area contributed by atoms with Gasteiger partial charge in [-0.25, -0.2) is 9.78 Å². The van der Waals surface area contributed by atoms with Crippen LogP contribution in [0.15, 0.2) is 66.9 Å². The van der Waals surface area contributed by atoms with Crippen molar-refractivity contribution in [3.63, 3.8) is 0 Å². The van der Waals surface area contributed by atoms with Gasteiger partial charge in [-0.05, 0) is 42.0 Å². The standard InChI is InChI=1S/C28H24N2O4/c1-19-10-12-20(13-11-19)15-22-16-23-24(9-6-14-31)30-26(28(32)33-2)27(25(23)29-17-22)34-18-21-7-4-3-5-8-21/h3-5,7-8,10-13,16-17,31H,14-15,18H2,1-2H3. The zero-order valence-corrected chi connectivity index (χ0v) is 19.0. The summed E-state index contributed by atoms with van der Waals surface area (Å²) >= 11 is 0. The Morgan fingerprint density at radius 2 is 1.79 bits per heavy atom. The Labute approximate surface area is 198 Å². The van der Waals surface area contributed by atoms with Crippen LogP contribution in [0.2, 0.25) is 0 Å². The van der Waals surface area contributed by atoms with Crippen LogP contribution in [-0.2, 0) is 17.8 Å². The van der Waals surface area contributed by atoms with E-state index in [1.54, 1.807) is 6.20 Å². The van der Waals surface area contributed by atoms with Crippen molar-refractivity contribution in [2.75, 3.05) is 13.7 Å². The van der Waals surface area contributed by atoms with E-state index in [1.807, 2.05) is 36.4 Å². The maximum Gasteiger partial charge on any atom is 0.360 e. The third-order valence-electron chi connectivity index (χ3n) is 5.27. The molecule has 0 aliphatic rings. The van der Waals surface area contributed by atoms with E-state index in [2.05, 4.69) is 53.0 Å². The number of hydrogen-bond acceptors (Lipinski definition) is 6. The molecule has 0 saturated carbocycles. The molecule has 2 aromatic heterocycles. The van der Waals surface area contributed by atoms with Gasteiger partial charge < -0.3 is 14.6 Å². The summed E-state index contributed by atoms with van der Waals surface area (Å²) in [5, 5.41) is 9.87. The van der Waals surface area contributed by atoms with Gasteiger partial charge in [-0.3, -0.25) is 4.98 Å². The number of fused-ring (bicyclic) bond motifs is 1. The molecule has 1 N–H and O–H groups in total. The second-order valence-electron chi connectivity index (χ2n) is 7.77. The predicted octanol–water partition coefficient (Wildman–Crippen LogP) is 4.24. The molecule has 6 heteroatoms. The molecule has 0 unspecified atom stereocenters. The van der Waals surface area contributed by atoms with Crippen LogP contribution in [0.5, 0.6) is 5.75 Å². The molecule has 170 valence electrons. The Bertz CT molecular complexity index is 1370. The van der Waals surface area contributed by atoms with Crippen LogP contribution in [0.25, 0.3) is 10.9 Å². The number of aliphatic hydroxyl groups is 1. The molecule has 0 radical (unpaired) electrons. The smallest absolute Gasteiger partial charge is 0.360 e. The summed E-state index contributed by atoms with van der Waals surface area (Å²) in [7, 11) is 1.28. The van der Waals surface area contributed by atoms with E-state index in [0.717, 1.165) is 16.7 Å². The fraction of sp³-hybridized carbons (Fsp3) is 0.179. The third kappa shape index (κ3) is 5.22. The molecule has 0 bridgehead atoms. The van der Waals surface area contributed by atoms with E-state index < -0.39 is 5.97 Å². The third-order valence-corrected chi connectivity index (χ3v) is 5.27. The van der Waals surface area contributed by atoms with Gasteiger partial charge in [0.15, 0.2) is 11.4 Å². The molecule has 4 aromatic rings. The van der Waals surface area contributed by atoms with Crippen molar-refractivity contribution in [3.05, 3.63) is 101 Å². The van der Waals surface area contributed by atoms with E-state index in [4.69, 9.17) is 9.47 Å². The van der Waals surface area contributed by atoms with Gasteiger partial charge in [0.05, 0.1) is 7.11 Å². The van der Waals surface area contributed by atoms with E-state index in [-0.39, 0.29) is 24.7 Å². The summed E-state index contributed by atoms with van der Waals surface area (Å²) < 4.78 is 11.0. The second kappa shape index (κ2) is 10.6. The minimum absolute atomic E-state index is 0.00745. The van der Waals surface area contributed by atoms with Crippen molar-refractivity contribution in [2.45, 2.75) is 20.0 Å². The van der Waals surface area contributed by atoms with Crippen molar-refractivity contribution < 1.29 is 19.4 Å². The first-order chi connectivity index (χ1) is 16.6. The summed E-state index contributed by atoms with van der Waals surface area (Å²) in [6.45, 7) is 1.95. The maximum absolute atomic E-state index is 12.6. The number of rotatable bonds is 6. The summed E-state index contributed by atoms with van der Waals surface area (Å²) in [5.41, 5.74) is 5.02. The first kappa shape index (κ1) is 23.0. The molecule has 2 heterocycles. The van der Waals surface area contributed by atoms with Crippen LogP contribution in [0.3, 0.4) is 0 Å². The zero-order valence-electron chi connectivity index (χ0n) is 19.0. The molecule has 34 heavy (non-hydrogen) atoms. The Kier molecular flexibility index (Phi) is 7.16. The number of aromatic nitrogens is 2. The van der Waals surface area contributed by atoms with Crippen LogP contribution in [0.1, 0.15) is 38.4 Å². The SMILES string of the molecule is COC(=O)c1nc(C#CCO)c2cc(Cc3ccc(C)cc3)cnc2c1OCc1ccccc1. The van der Waals surface area contributed by atoms with Gasteiger partial charge >= 0.3 is 5.97 Å². The molecule has 6 nitrogen and oxygen atoms in total. The molecule has 0 aliphatic carbocycles. The molecular formula is C28H24N2O4. The number of carbonyl (C=O) groups is 1. The highest BCUT2D eigenvalue weighted by molar-refractivity contribution is 5.99. The van der Waals surface area contributed by atoms with Gasteiger partial charge in [-0.1, -0.05) is 66.1 Å². The quantitative estimate of drug-likeness (QED) is 0.348. The molecule has 0 saturated heterocycles. The Morgan fingerprint density at radius 1 is 1.03 bits per heavy atom. The van der Waals surface area contributed by atoms with Crippen LogP contribution in [-0.4, -0.2) is 34.8 Å². The lowest BCUT2D eigenvalue weighted by molar-refractivity contribution is 0.0588. The summed E-state index contributed by atoms with van der Waals surface area (Å²) in [5.74, 6) is 5.05. The summed E-state index contributed by atoms with van der Waals surface area (Å²) in [4.78, 5) is 21.7. The van der Waals surface area contributed by atoms with Gasteiger partial charge in [-0.15, -0.1) is 0 Å². The molecule has 0 aliphatic heterocycles. The summed E-state index contributed by atoms with van der Waals surface area (Å²) in [6.07, 6.45) is 2.44. The average Bonchev–Trinajstić information content (AvgIpc) is 2.87. The van der Waals surface area contributed by atoms with E-state index in [0.29, 0.717) is 23.0 Å². The number of aliphatic hydroxyl groups excluding tert-OH is 1. The number of aryl methyl sites for hydroxylation is 1. The maximum atomic E-state index is 12.6. The average molecular weight is 453 g/mol. The van der Waals surface area contributed by atoms with Gasteiger partial charge in [0.2, 0.25) is 0 Å². The molecule has 2 aromatic carbocycles. The lowest BCUT2D eigenvalue weighted by Crippen LogP contribution is -2.11. The fourth-order valence-corrected chi connectivity index (χ4v) is 3.56.